The zero-order chi connectivity index (χ0) is 14.6. The lowest BCUT2D eigenvalue weighted by Gasteiger charge is -2.08. The van der Waals surface area contributed by atoms with Gasteiger partial charge in [-0.05, 0) is 36.1 Å². The number of fused-ring (bicyclic) bond motifs is 3. The van der Waals surface area contributed by atoms with Crippen LogP contribution in [0.1, 0.15) is 5.56 Å². The quantitative estimate of drug-likeness (QED) is 0.398. The molecule has 0 aliphatic rings. The number of halogens is 1. The molecule has 1 N–H and O–H groups in total. The van der Waals surface area contributed by atoms with E-state index in [9.17, 15) is 4.79 Å². The highest BCUT2D eigenvalue weighted by Crippen LogP contribution is 2.29. The van der Waals surface area contributed by atoms with E-state index in [1.54, 1.807) is 30.7 Å². The number of aromatic amines is 1. The number of aryl methyl sites for hydroxylation is 1. The predicted octanol–water partition coefficient (Wildman–Crippen LogP) is 3.59. The highest BCUT2D eigenvalue weighted by atomic mass is 35.5. The summed E-state index contributed by atoms with van der Waals surface area (Å²) in [6, 6.07) is 5.50. The van der Waals surface area contributed by atoms with Gasteiger partial charge in [0.2, 0.25) is 0 Å². The normalized spacial score (nSPS) is 11.5. The van der Waals surface area contributed by atoms with Gasteiger partial charge in [-0.2, -0.15) is 0 Å². The van der Waals surface area contributed by atoms with Gasteiger partial charge in [0.25, 0.3) is 0 Å². The standard InChI is InChI=1S/C16H10ClN3O/c1-8-9-2-5-19-16(17)10(9)6-11-14(8)20-13-3-4-18-7-12(13)15(11)21/h2-7,19H,1H3. The average Bonchev–Trinajstić information content (AvgIpc) is 2.50. The van der Waals surface area contributed by atoms with Crippen LogP contribution in [0.2, 0.25) is 5.15 Å². The SMILES string of the molecule is Cc1c2cc[nH]c(Cl)c2cc2c(=O)c3cnccc3nc12. The molecule has 102 valence electrons. The maximum atomic E-state index is 12.7. The molecular weight excluding hydrogens is 286 g/mol. The van der Waals surface area contributed by atoms with Crippen LogP contribution in [0.3, 0.4) is 0 Å². The van der Waals surface area contributed by atoms with Crippen molar-refractivity contribution < 1.29 is 0 Å². The number of nitrogens with zero attached hydrogens (tertiary/aromatic N) is 2. The van der Waals surface area contributed by atoms with E-state index in [1.807, 2.05) is 13.0 Å². The first-order valence-electron chi connectivity index (χ1n) is 6.51. The third-order valence-electron chi connectivity index (χ3n) is 3.81. The number of aromatic nitrogens is 3. The van der Waals surface area contributed by atoms with Gasteiger partial charge in [0, 0.05) is 29.4 Å². The maximum absolute atomic E-state index is 12.7. The molecular formula is C16H10ClN3O. The molecule has 0 spiro atoms. The van der Waals surface area contributed by atoms with Crippen molar-refractivity contribution in [3.8, 4) is 0 Å². The van der Waals surface area contributed by atoms with Crippen LogP contribution in [-0.2, 0) is 0 Å². The van der Waals surface area contributed by atoms with Crippen molar-refractivity contribution in [1.29, 1.82) is 0 Å². The van der Waals surface area contributed by atoms with Crippen LogP contribution in [0.15, 0.2) is 41.6 Å². The number of benzene rings is 1. The Morgan fingerprint density at radius 1 is 1.14 bits per heavy atom. The van der Waals surface area contributed by atoms with Crippen molar-refractivity contribution >= 4 is 44.2 Å². The van der Waals surface area contributed by atoms with Crippen LogP contribution in [0, 0.1) is 6.92 Å². The molecule has 5 heteroatoms. The van der Waals surface area contributed by atoms with Crippen molar-refractivity contribution in [1.82, 2.24) is 15.0 Å². The molecule has 0 saturated carbocycles. The second-order valence-electron chi connectivity index (χ2n) is 4.98. The van der Waals surface area contributed by atoms with Gasteiger partial charge in [-0.15, -0.1) is 0 Å². The summed E-state index contributed by atoms with van der Waals surface area (Å²) in [5.41, 5.74) is 2.27. The minimum atomic E-state index is -0.0620. The number of hydrogen-bond acceptors (Lipinski definition) is 3. The molecule has 0 aliphatic carbocycles. The molecule has 3 heterocycles. The van der Waals surface area contributed by atoms with Crippen LogP contribution in [0.4, 0.5) is 0 Å². The van der Waals surface area contributed by atoms with Gasteiger partial charge in [-0.1, -0.05) is 11.6 Å². The molecule has 0 saturated heterocycles. The Kier molecular flexibility index (Phi) is 2.50. The zero-order valence-corrected chi connectivity index (χ0v) is 11.9. The summed E-state index contributed by atoms with van der Waals surface area (Å²) in [4.78, 5) is 24.3. The molecule has 1 aromatic carbocycles. The Hall–Kier alpha value is -2.46. The molecule has 4 rings (SSSR count). The Labute approximate surface area is 124 Å². The van der Waals surface area contributed by atoms with Gasteiger partial charge < -0.3 is 4.98 Å². The number of H-pyrrole nitrogens is 1. The number of rotatable bonds is 0. The summed E-state index contributed by atoms with van der Waals surface area (Å²) in [6.07, 6.45) is 4.98. The molecule has 0 fully saturated rings. The van der Waals surface area contributed by atoms with Gasteiger partial charge in [-0.3, -0.25) is 9.78 Å². The largest absolute Gasteiger partial charge is 0.352 e. The van der Waals surface area contributed by atoms with E-state index in [1.165, 1.54) is 0 Å². The molecule has 0 amide bonds. The first kappa shape index (κ1) is 12.3. The summed E-state index contributed by atoms with van der Waals surface area (Å²) in [5.74, 6) is 0. The predicted molar refractivity (Wildman–Crippen MR) is 84.9 cm³/mol. The second-order valence-corrected chi connectivity index (χ2v) is 5.36. The average molecular weight is 296 g/mol. The van der Waals surface area contributed by atoms with E-state index >= 15 is 0 Å². The van der Waals surface area contributed by atoms with Crippen LogP contribution in [0.25, 0.3) is 32.6 Å². The maximum Gasteiger partial charge on any atom is 0.198 e. The lowest BCUT2D eigenvalue weighted by Crippen LogP contribution is -2.05. The fraction of sp³-hybridized carbons (Fsp3) is 0.0625. The summed E-state index contributed by atoms with van der Waals surface area (Å²) >= 11 is 6.21. The van der Waals surface area contributed by atoms with E-state index in [2.05, 4.69) is 15.0 Å². The number of nitrogens with one attached hydrogen (secondary N) is 1. The molecule has 0 unspecified atom stereocenters. The second kappa shape index (κ2) is 4.27. The molecule has 0 atom stereocenters. The number of hydrogen-bond donors (Lipinski definition) is 1. The zero-order valence-electron chi connectivity index (χ0n) is 11.1. The van der Waals surface area contributed by atoms with Crippen molar-refractivity contribution in [3.63, 3.8) is 0 Å². The van der Waals surface area contributed by atoms with Crippen molar-refractivity contribution in [2.24, 2.45) is 0 Å². The molecule has 0 radical (unpaired) electrons. The first-order valence-corrected chi connectivity index (χ1v) is 6.88. The van der Waals surface area contributed by atoms with Crippen LogP contribution in [-0.4, -0.2) is 15.0 Å². The van der Waals surface area contributed by atoms with Crippen LogP contribution < -0.4 is 5.43 Å². The Morgan fingerprint density at radius 3 is 2.86 bits per heavy atom. The molecule has 4 nitrogen and oxygen atoms in total. The fourth-order valence-corrected chi connectivity index (χ4v) is 2.96. The van der Waals surface area contributed by atoms with E-state index in [-0.39, 0.29) is 5.43 Å². The van der Waals surface area contributed by atoms with Gasteiger partial charge in [-0.25, -0.2) is 4.98 Å². The Morgan fingerprint density at radius 2 is 2.00 bits per heavy atom. The minimum absolute atomic E-state index is 0.0620. The highest BCUT2D eigenvalue weighted by molar-refractivity contribution is 6.34. The summed E-state index contributed by atoms with van der Waals surface area (Å²) in [5, 5.41) is 3.43. The minimum Gasteiger partial charge on any atom is -0.352 e. The van der Waals surface area contributed by atoms with Crippen LogP contribution >= 0.6 is 11.6 Å². The molecule has 0 aliphatic heterocycles. The third kappa shape index (κ3) is 1.66. The number of pyridine rings is 3. The lowest BCUT2D eigenvalue weighted by molar-refractivity contribution is 1.33. The van der Waals surface area contributed by atoms with E-state index < -0.39 is 0 Å². The Bertz CT molecular complexity index is 1090. The molecule has 3 aromatic heterocycles. The Balaban J connectivity index is 2.35. The van der Waals surface area contributed by atoms with Crippen molar-refractivity contribution in [2.75, 3.05) is 0 Å². The lowest BCUT2D eigenvalue weighted by atomic mass is 10.0. The third-order valence-corrected chi connectivity index (χ3v) is 4.12. The molecule has 4 aromatic rings. The smallest absolute Gasteiger partial charge is 0.198 e. The van der Waals surface area contributed by atoms with E-state index in [4.69, 9.17) is 11.6 Å². The van der Waals surface area contributed by atoms with Gasteiger partial charge in [0.05, 0.1) is 16.4 Å². The highest BCUT2D eigenvalue weighted by Gasteiger charge is 2.12. The van der Waals surface area contributed by atoms with Crippen molar-refractivity contribution in [2.45, 2.75) is 6.92 Å². The van der Waals surface area contributed by atoms with Crippen molar-refractivity contribution in [3.05, 3.63) is 57.7 Å². The van der Waals surface area contributed by atoms with E-state index in [0.717, 1.165) is 16.3 Å². The van der Waals surface area contributed by atoms with E-state index in [0.29, 0.717) is 27.0 Å². The van der Waals surface area contributed by atoms with Crippen LogP contribution in [0.5, 0.6) is 0 Å². The van der Waals surface area contributed by atoms with Gasteiger partial charge >= 0.3 is 0 Å². The molecule has 21 heavy (non-hydrogen) atoms. The summed E-state index contributed by atoms with van der Waals surface area (Å²) in [7, 11) is 0. The topological polar surface area (TPSA) is 58.6 Å². The summed E-state index contributed by atoms with van der Waals surface area (Å²) in [6.45, 7) is 1.96. The fourth-order valence-electron chi connectivity index (χ4n) is 2.74. The van der Waals surface area contributed by atoms with Gasteiger partial charge in [0.1, 0.15) is 5.15 Å². The first-order chi connectivity index (χ1) is 10.2. The molecule has 0 bridgehead atoms. The van der Waals surface area contributed by atoms with Gasteiger partial charge in [0.15, 0.2) is 5.43 Å². The summed E-state index contributed by atoms with van der Waals surface area (Å²) < 4.78 is 0. The monoisotopic (exact) mass is 295 g/mol.